The highest BCUT2D eigenvalue weighted by Gasteiger charge is 2.58. The number of aryl methyl sites for hydroxylation is 1. The van der Waals surface area contributed by atoms with Gasteiger partial charge in [-0.2, -0.15) is 0 Å². The summed E-state index contributed by atoms with van der Waals surface area (Å²) in [6, 6.07) is 6.73. The second-order valence-electron chi connectivity index (χ2n) is 8.33. The Labute approximate surface area is 156 Å². The third kappa shape index (κ3) is 3.76. The number of nitrogens with one attached hydrogen (secondary N) is 1. The summed E-state index contributed by atoms with van der Waals surface area (Å²) in [5, 5.41) is 3.01. The summed E-state index contributed by atoms with van der Waals surface area (Å²) in [5.41, 5.74) is -0.323. The van der Waals surface area contributed by atoms with Crippen LogP contribution < -0.4 is 5.32 Å². The lowest BCUT2D eigenvalue weighted by Gasteiger charge is -2.40. The molecule has 26 heavy (non-hydrogen) atoms. The van der Waals surface area contributed by atoms with Crippen LogP contribution in [0, 0.1) is 22.6 Å². The summed E-state index contributed by atoms with van der Waals surface area (Å²) in [7, 11) is 3.52. The Kier molecular flexibility index (Phi) is 6.09. The second kappa shape index (κ2) is 7.77. The van der Waals surface area contributed by atoms with Crippen molar-refractivity contribution >= 4 is 11.8 Å². The van der Waals surface area contributed by atoms with Crippen molar-refractivity contribution < 1.29 is 14.0 Å². The fourth-order valence-electron chi connectivity index (χ4n) is 4.03. The van der Waals surface area contributed by atoms with Gasteiger partial charge in [0, 0.05) is 26.6 Å². The molecule has 0 saturated heterocycles. The topological polar surface area (TPSA) is 49.4 Å². The lowest BCUT2D eigenvalue weighted by molar-refractivity contribution is -0.142. The van der Waals surface area contributed by atoms with E-state index in [1.54, 1.807) is 31.1 Å². The number of amides is 2. The molecule has 0 aromatic heterocycles. The molecule has 0 unspecified atom stereocenters. The molecule has 1 aromatic rings. The van der Waals surface area contributed by atoms with Gasteiger partial charge in [-0.1, -0.05) is 39.0 Å². The number of carbonyl (C=O) groups is 2. The van der Waals surface area contributed by atoms with Gasteiger partial charge in [0.1, 0.15) is 5.82 Å². The number of hydrogen-bond acceptors (Lipinski definition) is 2. The number of hydrogen-bond donors (Lipinski definition) is 1. The summed E-state index contributed by atoms with van der Waals surface area (Å²) in [5.74, 6) is -0.268. The molecule has 1 aliphatic carbocycles. The Morgan fingerprint density at radius 3 is 2.50 bits per heavy atom. The van der Waals surface area contributed by atoms with Crippen LogP contribution in [0.3, 0.4) is 0 Å². The molecule has 0 spiro atoms. The SMILES string of the molecule is CN(C)C(=O)[C@@H]1CC[C@](C)(C(=O)NCCCc2ccccc2F)C1(C)C. The molecule has 0 radical (unpaired) electrons. The van der Waals surface area contributed by atoms with Crippen LogP contribution >= 0.6 is 0 Å². The van der Waals surface area contributed by atoms with E-state index in [0.717, 1.165) is 6.42 Å². The van der Waals surface area contributed by atoms with Gasteiger partial charge in [0.15, 0.2) is 0 Å². The van der Waals surface area contributed by atoms with Gasteiger partial charge in [-0.05, 0) is 42.7 Å². The number of carbonyl (C=O) groups excluding carboxylic acids is 2. The van der Waals surface area contributed by atoms with Gasteiger partial charge in [0.25, 0.3) is 0 Å². The smallest absolute Gasteiger partial charge is 0.226 e. The molecule has 1 N–H and O–H groups in total. The summed E-state index contributed by atoms with van der Waals surface area (Å²) < 4.78 is 13.6. The minimum atomic E-state index is -0.582. The van der Waals surface area contributed by atoms with Crippen LogP contribution in [0.25, 0.3) is 0 Å². The highest BCUT2D eigenvalue weighted by Crippen LogP contribution is 2.56. The standard InChI is InChI=1S/C21H31FN2O2/c1-20(2)16(18(25)24(4)5)12-13-21(20,3)19(26)23-14-8-10-15-9-6-7-11-17(15)22/h6-7,9,11,16H,8,10,12-14H2,1-5H3,(H,23,26)/t16-,21+/m0/s1. The molecule has 0 bridgehead atoms. The zero-order valence-corrected chi connectivity index (χ0v) is 16.6. The molecular weight excluding hydrogens is 331 g/mol. The predicted octanol–water partition coefficient (Wildman–Crippen LogP) is 3.41. The van der Waals surface area contributed by atoms with Crippen LogP contribution in [0.4, 0.5) is 4.39 Å². The Bertz CT molecular complexity index is 672. The maximum Gasteiger partial charge on any atom is 0.226 e. The summed E-state index contributed by atoms with van der Waals surface area (Å²) >= 11 is 0. The Morgan fingerprint density at radius 1 is 1.23 bits per heavy atom. The van der Waals surface area contributed by atoms with Gasteiger partial charge >= 0.3 is 0 Å². The molecular formula is C21H31FN2O2. The third-order valence-electron chi connectivity index (χ3n) is 6.33. The van der Waals surface area contributed by atoms with Gasteiger partial charge in [-0.3, -0.25) is 9.59 Å². The Balaban J connectivity index is 1.94. The van der Waals surface area contributed by atoms with Crippen molar-refractivity contribution in [3.05, 3.63) is 35.6 Å². The first kappa shape index (κ1) is 20.4. The molecule has 144 valence electrons. The molecule has 0 heterocycles. The van der Waals surface area contributed by atoms with Gasteiger partial charge in [0.05, 0.1) is 5.41 Å². The van der Waals surface area contributed by atoms with E-state index in [1.807, 2.05) is 26.8 Å². The first-order valence-corrected chi connectivity index (χ1v) is 9.34. The van der Waals surface area contributed by atoms with Crippen LogP contribution in [-0.4, -0.2) is 37.4 Å². The van der Waals surface area contributed by atoms with Crippen LogP contribution in [0.2, 0.25) is 0 Å². The first-order valence-electron chi connectivity index (χ1n) is 9.34. The highest BCUT2D eigenvalue weighted by molar-refractivity contribution is 5.87. The van der Waals surface area contributed by atoms with E-state index < -0.39 is 10.8 Å². The first-order chi connectivity index (χ1) is 12.1. The largest absolute Gasteiger partial charge is 0.356 e. The van der Waals surface area contributed by atoms with Gasteiger partial charge < -0.3 is 10.2 Å². The van der Waals surface area contributed by atoms with Gasteiger partial charge in [0.2, 0.25) is 11.8 Å². The molecule has 2 atom stereocenters. The van der Waals surface area contributed by atoms with Crippen molar-refractivity contribution in [2.45, 2.75) is 46.5 Å². The quantitative estimate of drug-likeness (QED) is 0.789. The molecule has 2 amide bonds. The summed E-state index contributed by atoms with van der Waals surface area (Å²) in [6.07, 6.45) is 2.70. The Hall–Kier alpha value is -1.91. The molecule has 2 rings (SSSR count). The lowest BCUT2D eigenvalue weighted by atomic mass is 9.65. The fraction of sp³-hybridized carbons (Fsp3) is 0.619. The van der Waals surface area contributed by atoms with Gasteiger partial charge in [-0.15, -0.1) is 0 Å². The van der Waals surface area contributed by atoms with Crippen LogP contribution in [0.15, 0.2) is 24.3 Å². The van der Waals surface area contributed by atoms with E-state index in [4.69, 9.17) is 0 Å². The van der Waals surface area contributed by atoms with Crippen molar-refractivity contribution in [1.82, 2.24) is 10.2 Å². The van der Waals surface area contributed by atoms with Crippen LogP contribution in [0.1, 0.15) is 45.6 Å². The zero-order valence-electron chi connectivity index (χ0n) is 16.6. The summed E-state index contributed by atoms with van der Waals surface area (Å²) in [6.45, 7) is 6.50. The van der Waals surface area contributed by atoms with E-state index in [9.17, 15) is 14.0 Å². The van der Waals surface area contributed by atoms with Crippen molar-refractivity contribution in [3.8, 4) is 0 Å². The third-order valence-corrected chi connectivity index (χ3v) is 6.33. The van der Waals surface area contributed by atoms with E-state index >= 15 is 0 Å². The molecule has 5 heteroatoms. The minimum absolute atomic E-state index is 0.00918. The molecule has 1 aliphatic rings. The molecule has 1 saturated carbocycles. The predicted molar refractivity (Wildman–Crippen MR) is 101 cm³/mol. The average molecular weight is 362 g/mol. The lowest BCUT2D eigenvalue weighted by Crippen LogP contribution is -2.49. The maximum absolute atomic E-state index is 13.6. The van der Waals surface area contributed by atoms with E-state index in [2.05, 4.69) is 5.32 Å². The number of rotatable bonds is 6. The molecule has 1 aromatic carbocycles. The zero-order chi connectivity index (χ0) is 19.5. The molecule has 1 fully saturated rings. The fourth-order valence-corrected chi connectivity index (χ4v) is 4.03. The van der Waals surface area contributed by atoms with Gasteiger partial charge in [-0.25, -0.2) is 4.39 Å². The van der Waals surface area contributed by atoms with Crippen LogP contribution in [0.5, 0.6) is 0 Å². The van der Waals surface area contributed by atoms with Crippen molar-refractivity contribution in [2.24, 2.45) is 16.7 Å². The number of nitrogens with zero attached hydrogens (tertiary/aromatic N) is 1. The number of halogens is 1. The highest BCUT2D eigenvalue weighted by atomic mass is 19.1. The van der Waals surface area contributed by atoms with Crippen molar-refractivity contribution in [1.29, 1.82) is 0 Å². The van der Waals surface area contributed by atoms with E-state index in [0.29, 0.717) is 31.4 Å². The average Bonchev–Trinajstić information content (AvgIpc) is 2.83. The van der Waals surface area contributed by atoms with E-state index in [1.165, 1.54) is 6.07 Å². The monoisotopic (exact) mass is 362 g/mol. The minimum Gasteiger partial charge on any atom is -0.356 e. The second-order valence-corrected chi connectivity index (χ2v) is 8.33. The number of benzene rings is 1. The van der Waals surface area contributed by atoms with Crippen molar-refractivity contribution in [3.63, 3.8) is 0 Å². The molecule has 0 aliphatic heterocycles. The Morgan fingerprint density at radius 2 is 1.88 bits per heavy atom. The van der Waals surface area contributed by atoms with Crippen LogP contribution in [-0.2, 0) is 16.0 Å². The maximum atomic E-state index is 13.6. The normalized spacial score (nSPS) is 24.3. The summed E-state index contributed by atoms with van der Waals surface area (Å²) in [4.78, 5) is 27.0. The molecule has 4 nitrogen and oxygen atoms in total. The van der Waals surface area contributed by atoms with E-state index in [-0.39, 0.29) is 23.5 Å². The van der Waals surface area contributed by atoms with Crippen molar-refractivity contribution in [2.75, 3.05) is 20.6 Å².